The van der Waals surface area contributed by atoms with Gasteiger partial charge in [-0.15, -0.1) is 0 Å². The summed E-state index contributed by atoms with van der Waals surface area (Å²) in [6.07, 6.45) is 2.55. The molecule has 1 N–H and O–H groups in total. The normalized spacial score (nSPS) is 45.1. The van der Waals surface area contributed by atoms with E-state index in [1.54, 1.807) is 0 Å². The minimum absolute atomic E-state index is 0.00694. The molecule has 0 amide bonds. The van der Waals surface area contributed by atoms with Crippen molar-refractivity contribution in [1.29, 1.82) is 0 Å². The van der Waals surface area contributed by atoms with Crippen molar-refractivity contribution in [3.63, 3.8) is 0 Å². The highest BCUT2D eigenvalue weighted by Crippen LogP contribution is 2.58. The summed E-state index contributed by atoms with van der Waals surface area (Å²) in [6.45, 7) is 2.06. The number of carboxylic acids is 1. The van der Waals surface area contributed by atoms with Gasteiger partial charge in [0.1, 0.15) is 0 Å². The van der Waals surface area contributed by atoms with Gasteiger partial charge in [0.2, 0.25) is 0 Å². The van der Waals surface area contributed by atoms with Gasteiger partial charge in [-0.05, 0) is 30.6 Å². The van der Waals surface area contributed by atoms with Crippen molar-refractivity contribution in [2.75, 3.05) is 0 Å². The molecule has 0 unspecified atom stereocenters. The van der Waals surface area contributed by atoms with Crippen LogP contribution in [0.5, 0.6) is 0 Å². The van der Waals surface area contributed by atoms with Crippen LogP contribution in [0.3, 0.4) is 0 Å². The summed E-state index contributed by atoms with van der Waals surface area (Å²) in [6, 6.07) is 0. The largest absolute Gasteiger partial charge is 0.481 e. The average molecular weight is 140 g/mol. The van der Waals surface area contributed by atoms with E-state index in [4.69, 9.17) is 5.11 Å². The fraction of sp³-hybridized carbons (Fsp3) is 0.875. The first kappa shape index (κ1) is 6.20. The van der Waals surface area contributed by atoms with Crippen molar-refractivity contribution in [3.8, 4) is 0 Å². The maximum atomic E-state index is 10.5. The average Bonchev–Trinajstić information content (AvgIpc) is 2.57. The minimum atomic E-state index is -0.579. The van der Waals surface area contributed by atoms with Gasteiger partial charge in [0.15, 0.2) is 0 Å². The summed E-state index contributed by atoms with van der Waals surface area (Å²) in [5.74, 6) is 1.20. The van der Waals surface area contributed by atoms with Crippen molar-refractivity contribution >= 4 is 5.97 Å². The van der Waals surface area contributed by atoms with Gasteiger partial charge in [0.05, 0.1) is 5.92 Å². The van der Waals surface area contributed by atoms with Gasteiger partial charge in [-0.2, -0.15) is 0 Å². The fourth-order valence-corrected chi connectivity index (χ4v) is 2.09. The summed E-state index contributed by atoms with van der Waals surface area (Å²) in [5.41, 5.74) is 0. The Hall–Kier alpha value is -0.530. The van der Waals surface area contributed by atoms with E-state index in [9.17, 15) is 4.79 Å². The Balaban J connectivity index is 1.96. The molecule has 0 heterocycles. The van der Waals surface area contributed by atoms with Crippen LogP contribution in [0.4, 0.5) is 0 Å². The van der Waals surface area contributed by atoms with Crippen LogP contribution in [-0.2, 0) is 4.79 Å². The van der Waals surface area contributed by atoms with Gasteiger partial charge in [-0.25, -0.2) is 0 Å². The van der Waals surface area contributed by atoms with Gasteiger partial charge in [0.25, 0.3) is 0 Å². The van der Waals surface area contributed by atoms with Crippen molar-refractivity contribution in [1.82, 2.24) is 0 Å². The first-order valence-electron chi connectivity index (χ1n) is 3.94. The van der Waals surface area contributed by atoms with E-state index in [1.165, 1.54) is 12.8 Å². The zero-order chi connectivity index (χ0) is 7.30. The van der Waals surface area contributed by atoms with Crippen molar-refractivity contribution < 1.29 is 9.90 Å². The van der Waals surface area contributed by atoms with Gasteiger partial charge in [0, 0.05) is 0 Å². The molecule has 2 fully saturated rings. The van der Waals surface area contributed by atoms with Gasteiger partial charge >= 0.3 is 5.97 Å². The lowest BCUT2D eigenvalue weighted by atomic mass is 10.2. The standard InChI is InChI=1S/C8H12O2/c1-4-6(5-2-3-5)7(4)8(9)10/h4-7H,2-3H2,1H3,(H,9,10)/t4-,6+,7-/m0/s1. The van der Waals surface area contributed by atoms with Crippen LogP contribution in [0, 0.1) is 23.7 Å². The lowest BCUT2D eigenvalue weighted by Crippen LogP contribution is -2.00. The second-order valence-electron chi connectivity index (χ2n) is 3.64. The smallest absolute Gasteiger partial charge is 0.307 e. The first-order chi connectivity index (χ1) is 4.72. The Bertz CT molecular complexity index is 172. The Labute approximate surface area is 60.2 Å². The highest BCUT2D eigenvalue weighted by molar-refractivity contribution is 5.74. The van der Waals surface area contributed by atoms with Crippen LogP contribution in [-0.4, -0.2) is 11.1 Å². The molecule has 2 rings (SSSR count). The molecule has 3 atom stereocenters. The third kappa shape index (κ3) is 0.746. The molecular formula is C8H12O2. The fourth-order valence-electron chi connectivity index (χ4n) is 2.09. The Morgan fingerprint density at radius 1 is 1.50 bits per heavy atom. The number of carbonyl (C=O) groups is 1. The van der Waals surface area contributed by atoms with E-state index in [0.29, 0.717) is 11.8 Å². The molecule has 56 valence electrons. The Kier molecular flexibility index (Phi) is 1.08. The number of carboxylic acid groups (broad SMARTS) is 1. The van der Waals surface area contributed by atoms with Crippen LogP contribution < -0.4 is 0 Å². The highest BCUT2D eigenvalue weighted by Gasteiger charge is 2.58. The molecular weight excluding hydrogens is 128 g/mol. The molecule has 0 aromatic rings. The van der Waals surface area contributed by atoms with E-state index in [1.807, 2.05) is 0 Å². The summed E-state index contributed by atoms with van der Waals surface area (Å²) >= 11 is 0. The molecule has 2 aliphatic rings. The second kappa shape index (κ2) is 1.74. The molecule has 10 heavy (non-hydrogen) atoms. The quantitative estimate of drug-likeness (QED) is 0.628. The van der Waals surface area contributed by atoms with Crippen LogP contribution in [0.2, 0.25) is 0 Å². The summed E-state index contributed by atoms with van der Waals surface area (Å²) in [4.78, 5) is 10.5. The molecule has 0 saturated heterocycles. The van der Waals surface area contributed by atoms with Crippen LogP contribution in [0.15, 0.2) is 0 Å². The zero-order valence-electron chi connectivity index (χ0n) is 6.08. The van der Waals surface area contributed by atoms with E-state index < -0.39 is 5.97 Å². The molecule has 2 aliphatic carbocycles. The van der Waals surface area contributed by atoms with Crippen molar-refractivity contribution in [2.24, 2.45) is 23.7 Å². The number of aliphatic carboxylic acids is 1. The van der Waals surface area contributed by atoms with E-state index in [-0.39, 0.29) is 5.92 Å². The predicted octanol–water partition coefficient (Wildman–Crippen LogP) is 1.36. The highest BCUT2D eigenvalue weighted by atomic mass is 16.4. The summed E-state index contributed by atoms with van der Waals surface area (Å²) < 4.78 is 0. The molecule has 0 radical (unpaired) electrons. The minimum Gasteiger partial charge on any atom is -0.481 e. The SMILES string of the molecule is C[C@@H]1[C@H](C(=O)O)[C@H]1C1CC1. The van der Waals surface area contributed by atoms with E-state index in [2.05, 4.69) is 6.92 Å². The predicted molar refractivity (Wildman–Crippen MR) is 36.5 cm³/mol. The van der Waals surface area contributed by atoms with Gasteiger partial charge < -0.3 is 5.11 Å². The maximum absolute atomic E-state index is 10.5. The number of rotatable bonds is 2. The van der Waals surface area contributed by atoms with E-state index >= 15 is 0 Å². The topological polar surface area (TPSA) is 37.3 Å². The van der Waals surface area contributed by atoms with Crippen LogP contribution in [0.1, 0.15) is 19.8 Å². The Morgan fingerprint density at radius 3 is 2.40 bits per heavy atom. The molecule has 2 nitrogen and oxygen atoms in total. The first-order valence-corrected chi connectivity index (χ1v) is 3.94. The Morgan fingerprint density at radius 2 is 2.10 bits per heavy atom. The molecule has 2 saturated carbocycles. The molecule has 2 heteroatoms. The third-order valence-corrected chi connectivity index (χ3v) is 2.90. The molecule has 0 aromatic carbocycles. The van der Waals surface area contributed by atoms with Gasteiger partial charge in [-0.3, -0.25) is 4.79 Å². The van der Waals surface area contributed by atoms with Crippen molar-refractivity contribution in [2.45, 2.75) is 19.8 Å². The third-order valence-electron chi connectivity index (χ3n) is 2.90. The molecule has 0 spiro atoms. The lowest BCUT2D eigenvalue weighted by molar-refractivity contribution is -0.139. The number of hydrogen-bond donors (Lipinski definition) is 1. The summed E-state index contributed by atoms with van der Waals surface area (Å²) in [7, 11) is 0. The second-order valence-corrected chi connectivity index (χ2v) is 3.64. The number of hydrogen-bond acceptors (Lipinski definition) is 1. The van der Waals surface area contributed by atoms with Crippen LogP contribution in [0.25, 0.3) is 0 Å². The molecule has 0 aliphatic heterocycles. The molecule has 0 bridgehead atoms. The van der Waals surface area contributed by atoms with E-state index in [0.717, 1.165) is 5.92 Å². The lowest BCUT2D eigenvalue weighted by Gasteiger charge is -1.87. The molecule has 0 aromatic heterocycles. The maximum Gasteiger partial charge on any atom is 0.307 e. The van der Waals surface area contributed by atoms with Crippen LogP contribution >= 0.6 is 0 Å². The zero-order valence-corrected chi connectivity index (χ0v) is 6.08. The van der Waals surface area contributed by atoms with Crippen molar-refractivity contribution in [3.05, 3.63) is 0 Å². The summed E-state index contributed by atoms with van der Waals surface area (Å²) in [5, 5.41) is 8.67. The van der Waals surface area contributed by atoms with Gasteiger partial charge in [-0.1, -0.05) is 6.92 Å². The monoisotopic (exact) mass is 140 g/mol.